The van der Waals surface area contributed by atoms with Crippen molar-refractivity contribution in [2.24, 2.45) is 5.92 Å². The Balaban J connectivity index is 0.923. The summed E-state index contributed by atoms with van der Waals surface area (Å²) in [5.74, 6) is 1.85. The zero-order valence-electron chi connectivity index (χ0n) is 34.0. The molecule has 2 aliphatic heterocycles. The van der Waals surface area contributed by atoms with Gasteiger partial charge < -0.3 is 39.8 Å². The van der Waals surface area contributed by atoms with Gasteiger partial charge in [0.25, 0.3) is 0 Å². The van der Waals surface area contributed by atoms with Crippen LogP contribution in [0.3, 0.4) is 0 Å². The maximum absolute atomic E-state index is 13.5. The van der Waals surface area contributed by atoms with Gasteiger partial charge in [0.2, 0.25) is 11.9 Å². The molecule has 0 aliphatic carbocycles. The Bertz CT molecular complexity index is 2310. The van der Waals surface area contributed by atoms with Gasteiger partial charge in [-0.3, -0.25) is 19.7 Å². The molecule has 0 radical (unpaired) electrons. The monoisotopic (exact) mass is 882 g/mol. The molecule has 2 fully saturated rings. The first-order valence-electron chi connectivity index (χ1n) is 20.1. The van der Waals surface area contributed by atoms with Gasteiger partial charge in [0, 0.05) is 95.3 Å². The average molecular weight is 884 g/mol. The van der Waals surface area contributed by atoms with E-state index in [9.17, 15) is 14.2 Å². The fraction of sp³-hybridized carbons (Fsp3) is 0.395. The Morgan fingerprint density at radius 3 is 2.31 bits per heavy atom. The number of ether oxygens (including phenoxy) is 1. The molecule has 2 saturated heterocycles. The predicted molar refractivity (Wildman–Crippen MR) is 240 cm³/mol. The van der Waals surface area contributed by atoms with Gasteiger partial charge in [-0.1, -0.05) is 12.1 Å². The molecule has 59 heavy (non-hydrogen) atoms. The van der Waals surface area contributed by atoms with Crippen LogP contribution in [0.2, 0.25) is 0 Å². The number of piperazine rings is 1. The summed E-state index contributed by atoms with van der Waals surface area (Å²) in [6.07, 6.45) is 8.95. The van der Waals surface area contributed by atoms with Crippen molar-refractivity contribution in [3.63, 3.8) is 0 Å². The van der Waals surface area contributed by atoms with Crippen LogP contribution in [0.25, 0.3) is 11.0 Å². The molecule has 1 atom stereocenters. The molecule has 2 aliphatic rings. The molecule has 4 heterocycles. The quantitative estimate of drug-likeness (QED) is 0.0748. The Morgan fingerprint density at radius 2 is 1.61 bits per heavy atom. The molecular formula is C43H52BrN10O4P. The number of nitrogens with one attached hydrogen (secondary N) is 3. The number of halogens is 1. The Labute approximate surface area is 354 Å². The number of carbonyl (C=O) groups is 2. The van der Waals surface area contributed by atoms with Crippen LogP contribution in [0, 0.1) is 5.92 Å². The van der Waals surface area contributed by atoms with Crippen LogP contribution < -0.4 is 35.8 Å². The minimum absolute atomic E-state index is 0.0546. The minimum atomic E-state index is -2.76. The Kier molecular flexibility index (Phi) is 13.4. The fourth-order valence-corrected chi connectivity index (χ4v) is 9.80. The maximum atomic E-state index is 13.5. The summed E-state index contributed by atoms with van der Waals surface area (Å²) in [5, 5.41) is 10.0. The lowest BCUT2D eigenvalue weighted by Crippen LogP contribution is -2.49. The largest absolute Gasteiger partial charge is 0.494 e. The van der Waals surface area contributed by atoms with Crippen LogP contribution >= 0.6 is 23.1 Å². The summed E-state index contributed by atoms with van der Waals surface area (Å²) in [6, 6.07) is 18.2. The van der Waals surface area contributed by atoms with Crippen LogP contribution in [0.4, 0.5) is 34.5 Å². The first kappa shape index (κ1) is 42.0. The van der Waals surface area contributed by atoms with Gasteiger partial charge in [-0.05, 0) is 96.4 Å². The number of rotatable bonds is 15. The standard InChI is InChI=1S/C43H52BrN10O4P/c1-45-42(56)33(6-5-25-55)30-7-9-31(10-8-30)53-19-15-29(16-20-53)28-52-21-23-54(24-22-52)32-11-12-35(38(26-32)58-2)50-43-48-27-34(44)41(51-43)49-37-14-13-36-39(47-18-17-46-36)40(37)59(3,4)57/h7-14,17-18,25-27,29,33H,5-6,15-16,19-24,28H2,1-4H3,(H,45,56)(H2,48,49,50,51). The van der Waals surface area contributed by atoms with E-state index in [2.05, 4.69) is 85.8 Å². The number of aromatic nitrogens is 4. The molecule has 3 N–H and O–H groups in total. The minimum Gasteiger partial charge on any atom is -0.494 e. The van der Waals surface area contributed by atoms with Crippen molar-refractivity contribution in [3.8, 4) is 5.75 Å². The summed E-state index contributed by atoms with van der Waals surface area (Å²) < 4.78 is 19.9. The molecule has 1 unspecified atom stereocenters. The van der Waals surface area contributed by atoms with Crippen molar-refractivity contribution in [3.05, 3.63) is 83.2 Å². The lowest BCUT2D eigenvalue weighted by molar-refractivity contribution is -0.122. The molecular weight excluding hydrogens is 831 g/mol. The third kappa shape index (κ3) is 10.0. The molecule has 3 aromatic carbocycles. The van der Waals surface area contributed by atoms with Gasteiger partial charge in [0.05, 0.1) is 39.7 Å². The highest BCUT2D eigenvalue weighted by Crippen LogP contribution is 2.41. The first-order valence-corrected chi connectivity index (χ1v) is 23.5. The number of hydrogen-bond acceptors (Lipinski definition) is 13. The summed E-state index contributed by atoms with van der Waals surface area (Å²) in [4.78, 5) is 49.0. The highest BCUT2D eigenvalue weighted by molar-refractivity contribution is 9.10. The Hall–Kier alpha value is -5.11. The van der Waals surface area contributed by atoms with Crippen LogP contribution in [-0.2, 0) is 14.2 Å². The summed E-state index contributed by atoms with van der Waals surface area (Å²) in [6.45, 7) is 10.4. The van der Waals surface area contributed by atoms with Crippen LogP contribution in [0.15, 0.2) is 77.7 Å². The van der Waals surface area contributed by atoms with Crippen molar-refractivity contribution in [1.29, 1.82) is 0 Å². The second-order valence-electron chi connectivity index (χ2n) is 15.5. The van der Waals surface area contributed by atoms with Crippen molar-refractivity contribution in [2.45, 2.75) is 31.6 Å². The normalized spacial score (nSPS) is 15.8. The van der Waals surface area contributed by atoms with Gasteiger partial charge in [-0.15, -0.1) is 0 Å². The molecule has 0 bridgehead atoms. The summed E-state index contributed by atoms with van der Waals surface area (Å²) in [7, 11) is 0.544. The molecule has 1 amide bonds. The zero-order chi connectivity index (χ0) is 41.5. The van der Waals surface area contributed by atoms with E-state index < -0.39 is 7.14 Å². The molecule has 14 nitrogen and oxygen atoms in total. The molecule has 0 saturated carbocycles. The molecule has 0 spiro atoms. The van der Waals surface area contributed by atoms with Gasteiger partial charge in [0.15, 0.2) is 0 Å². The number of piperidine rings is 1. The number of benzene rings is 3. The highest BCUT2D eigenvalue weighted by atomic mass is 79.9. The summed E-state index contributed by atoms with van der Waals surface area (Å²) in [5.41, 5.74) is 5.89. The smallest absolute Gasteiger partial charge is 0.229 e. The SMILES string of the molecule is CNC(=O)C(CCC=O)c1ccc(N2CCC(CN3CCN(c4ccc(Nc5ncc(Br)c(Nc6ccc7nccnc7c6P(C)(C)=O)n5)c(OC)c4)CC3)CC2)cc1. The topological polar surface area (TPSA) is 158 Å². The average Bonchev–Trinajstić information content (AvgIpc) is 3.25. The number of anilines is 6. The van der Waals surface area contributed by atoms with Crippen LogP contribution in [0.5, 0.6) is 5.75 Å². The van der Waals surface area contributed by atoms with Crippen molar-refractivity contribution in [2.75, 3.05) is 93.7 Å². The second-order valence-corrected chi connectivity index (χ2v) is 19.5. The van der Waals surface area contributed by atoms with Crippen molar-refractivity contribution < 1.29 is 18.9 Å². The number of aldehydes is 1. The lowest BCUT2D eigenvalue weighted by atomic mass is 9.92. The van der Waals surface area contributed by atoms with Gasteiger partial charge in [0.1, 0.15) is 30.5 Å². The van der Waals surface area contributed by atoms with Crippen molar-refractivity contribution in [1.82, 2.24) is 30.2 Å². The highest BCUT2D eigenvalue weighted by Gasteiger charge is 2.26. The molecule has 310 valence electrons. The summed E-state index contributed by atoms with van der Waals surface area (Å²) >= 11 is 3.57. The third-order valence-corrected chi connectivity index (χ3v) is 13.4. The molecule has 2 aromatic heterocycles. The van der Waals surface area contributed by atoms with E-state index in [-0.39, 0.29) is 11.8 Å². The van der Waals surface area contributed by atoms with Crippen LogP contribution in [-0.4, -0.2) is 110 Å². The van der Waals surface area contributed by atoms with E-state index in [0.717, 1.165) is 81.9 Å². The van der Waals surface area contributed by atoms with E-state index >= 15 is 0 Å². The second kappa shape index (κ2) is 18.9. The maximum Gasteiger partial charge on any atom is 0.229 e. The third-order valence-electron chi connectivity index (χ3n) is 11.2. The fourth-order valence-electron chi connectivity index (χ4n) is 8.11. The van der Waals surface area contributed by atoms with E-state index in [0.29, 0.717) is 62.8 Å². The van der Waals surface area contributed by atoms with Crippen LogP contribution in [0.1, 0.15) is 37.2 Å². The predicted octanol–water partition coefficient (Wildman–Crippen LogP) is 6.77. The number of hydrogen-bond donors (Lipinski definition) is 3. The number of amides is 1. The number of methoxy groups -OCH3 is 1. The number of likely N-dealkylation sites (N-methyl/N-ethyl adjacent to an activating group) is 1. The number of fused-ring (bicyclic) bond motifs is 1. The number of nitrogens with zero attached hydrogens (tertiary/aromatic N) is 7. The Morgan fingerprint density at radius 1 is 0.915 bits per heavy atom. The van der Waals surface area contributed by atoms with E-state index in [1.807, 2.05) is 30.3 Å². The van der Waals surface area contributed by atoms with Crippen molar-refractivity contribution >= 4 is 86.1 Å². The van der Waals surface area contributed by atoms with Gasteiger partial charge in [-0.2, -0.15) is 4.98 Å². The van der Waals surface area contributed by atoms with Gasteiger partial charge in [-0.25, -0.2) is 4.98 Å². The van der Waals surface area contributed by atoms with E-state index in [4.69, 9.17) is 9.72 Å². The first-order chi connectivity index (χ1) is 28.5. The van der Waals surface area contributed by atoms with E-state index in [1.165, 1.54) is 5.69 Å². The molecule has 7 rings (SSSR count). The lowest BCUT2D eigenvalue weighted by Gasteiger charge is -2.40. The number of carbonyl (C=O) groups excluding carboxylic acids is 2. The molecule has 16 heteroatoms. The van der Waals surface area contributed by atoms with Gasteiger partial charge >= 0.3 is 0 Å². The molecule has 5 aromatic rings. The zero-order valence-corrected chi connectivity index (χ0v) is 36.5. The van der Waals surface area contributed by atoms with E-state index in [1.54, 1.807) is 46.1 Å².